The Bertz CT molecular complexity index is 442. The molecule has 0 radical (unpaired) electrons. The summed E-state index contributed by atoms with van der Waals surface area (Å²) in [7, 11) is 2.69. The van der Waals surface area contributed by atoms with E-state index in [0.29, 0.717) is 5.92 Å². The van der Waals surface area contributed by atoms with Crippen LogP contribution in [-0.4, -0.2) is 44.9 Å². The first kappa shape index (κ1) is 22.3. The van der Waals surface area contributed by atoms with Gasteiger partial charge >= 0.3 is 8.80 Å². The zero-order valence-electron chi connectivity index (χ0n) is 16.8. The largest absolute Gasteiger partial charge is 0.500 e. The van der Waals surface area contributed by atoms with E-state index in [4.69, 9.17) is 13.3 Å². The fourth-order valence-electron chi connectivity index (χ4n) is 2.91. The summed E-state index contributed by atoms with van der Waals surface area (Å²) in [5.74, 6) is 1.35. The molecule has 1 aromatic heterocycles. The average Bonchev–Trinajstić information content (AvgIpc) is 3.10. The van der Waals surface area contributed by atoms with E-state index in [1.54, 1.807) is 21.3 Å². The minimum absolute atomic E-state index is 0.408. The molecule has 7 heteroatoms. The van der Waals surface area contributed by atoms with Crippen molar-refractivity contribution in [3.63, 3.8) is 0 Å². The predicted octanol–water partition coefficient (Wildman–Crippen LogP) is 4.40. The van der Waals surface area contributed by atoms with E-state index in [-0.39, 0.29) is 0 Å². The zero-order valence-corrected chi connectivity index (χ0v) is 17.8. The smallest absolute Gasteiger partial charge is 0.377 e. The van der Waals surface area contributed by atoms with Crippen molar-refractivity contribution in [2.75, 3.05) is 21.3 Å². The highest BCUT2D eigenvalue weighted by atomic mass is 28.4. The summed E-state index contributed by atoms with van der Waals surface area (Å²) < 4.78 is 18.3. The minimum atomic E-state index is -2.35. The maximum Gasteiger partial charge on any atom is 0.500 e. The molecule has 0 aliphatic heterocycles. The highest BCUT2D eigenvalue weighted by Gasteiger charge is 2.36. The van der Waals surface area contributed by atoms with Gasteiger partial charge in [0.15, 0.2) is 5.82 Å². The maximum absolute atomic E-state index is 5.44. The van der Waals surface area contributed by atoms with Crippen LogP contribution < -0.4 is 0 Å². The van der Waals surface area contributed by atoms with E-state index in [1.165, 1.54) is 44.9 Å². The molecule has 0 spiro atoms. The van der Waals surface area contributed by atoms with E-state index in [1.807, 2.05) is 11.0 Å². The fourth-order valence-corrected chi connectivity index (χ4v) is 4.71. The third-order valence-electron chi connectivity index (χ3n) is 4.62. The molecular formula is C18H37N3O3Si. The molecule has 1 rings (SSSR count). The summed E-state index contributed by atoms with van der Waals surface area (Å²) >= 11 is 0. The highest BCUT2D eigenvalue weighted by Crippen LogP contribution is 2.18. The Kier molecular flexibility index (Phi) is 11.2. The van der Waals surface area contributed by atoms with E-state index in [0.717, 1.165) is 24.8 Å². The van der Waals surface area contributed by atoms with E-state index in [9.17, 15) is 0 Å². The molecule has 0 bridgehead atoms. The number of hydrogen-bond donors (Lipinski definition) is 0. The van der Waals surface area contributed by atoms with Crippen LogP contribution in [0.2, 0.25) is 6.04 Å². The first-order valence-corrected chi connectivity index (χ1v) is 11.5. The summed E-state index contributed by atoms with van der Waals surface area (Å²) in [6, 6.07) is 0.909. The maximum atomic E-state index is 5.44. The van der Waals surface area contributed by atoms with Gasteiger partial charge in [-0.15, -0.1) is 0 Å². The molecule has 1 aromatic rings. The first-order chi connectivity index (χ1) is 12.1. The normalized spacial score (nSPS) is 12.2. The van der Waals surface area contributed by atoms with Crippen molar-refractivity contribution < 1.29 is 13.3 Å². The lowest BCUT2D eigenvalue weighted by atomic mass is 10.1. The fraction of sp³-hybridized carbons (Fsp3) is 0.889. The number of aromatic nitrogens is 3. The lowest BCUT2D eigenvalue weighted by Gasteiger charge is -2.24. The molecule has 0 saturated carbocycles. The van der Waals surface area contributed by atoms with Crippen LogP contribution in [0.25, 0.3) is 0 Å². The second-order valence-corrected chi connectivity index (χ2v) is 9.99. The minimum Gasteiger partial charge on any atom is -0.377 e. The van der Waals surface area contributed by atoms with Crippen LogP contribution in [0.3, 0.4) is 0 Å². The number of unbranched alkanes of at least 4 members (excludes halogenated alkanes) is 7. The predicted molar refractivity (Wildman–Crippen MR) is 103 cm³/mol. The third kappa shape index (κ3) is 8.44. The summed E-state index contributed by atoms with van der Waals surface area (Å²) in [5.41, 5.74) is 0. The van der Waals surface area contributed by atoms with Crippen LogP contribution in [0.4, 0.5) is 0 Å². The van der Waals surface area contributed by atoms with Crippen molar-refractivity contribution in [1.29, 1.82) is 0 Å². The topological polar surface area (TPSA) is 58.4 Å². The quantitative estimate of drug-likeness (QED) is 0.338. The van der Waals surface area contributed by atoms with Gasteiger partial charge in [0.25, 0.3) is 0 Å². The van der Waals surface area contributed by atoms with Gasteiger partial charge in [-0.1, -0.05) is 52.4 Å². The standard InChI is InChI=1S/C18H37N3O3Si/c1-17(2)18-19-16-21(20-18)14-12-10-8-6-7-9-11-13-15-25(22-3,23-4)24-5/h16-17H,6-15H2,1-5H3. The lowest BCUT2D eigenvalue weighted by molar-refractivity contribution is 0.122. The van der Waals surface area contributed by atoms with Gasteiger partial charge in [-0.25, -0.2) is 4.98 Å². The van der Waals surface area contributed by atoms with Crippen molar-refractivity contribution >= 4 is 8.80 Å². The van der Waals surface area contributed by atoms with Crippen LogP contribution in [0.1, 0.15) is 77.0 Å². The summed E-state index contributed by atoms with van der Waals surface area (Å²) in [6.45, 7) is 5.24. The Labute approximate surface area is 154 Å². The molecule has 146 valence electrons. The van der Waals surface area contributed by atoms with E-state index < -0.39 is 8.80 Å². The molecule has 6 nitrogen and oxygen atoms in total. The Morgan fingerprint density at radius 2 is 1.40 bits per heavy atom. The van der Waals surface area contributed by atoms with Gasteiger partial charge in [-0.2, -0.15) is 5.10 Å². The molecule has 0 saturated heterocycles. The lowest BCUT2D eigenvalue weighted by Crippen LogP contribution is -2.42. The van der Waals surface area contributed by atoms with Crippen molar-refractivity contribution in [1.82, 2.24) is 14.8 Å². The molecule has 1 heterocycles. The third-order valence-corrected chi connectivity index (χ3v) is 7.46. The van der Waals surface area contributed by atoms with Gasteiger partial charge in [0.2, 0.25) is 0 Å². The van der Waals surface area contributed by atoms with Gasteiger partial charge in [0.05, 0.1) is 0 Å². The van der Waals surface area contributed by atoms with E-state index in [2.05, 4.69) is 23.9 Å². The molecule has 0 unspecified atom stereocenters. The molecule has 0 N–H and O–H groups in total. The molecular weight excluding hydrogens is 334 g/mol. The van der Waals surface area contributed by atoms with Crippen LogP contribution >= 0.6 is 0 Å². The number of aryl methyl sites for hydroxylation is 1. The highest BCUT2D eigenvalue weighted by molar-refractivity contribution is 6.60. The van der Waals surface area contributed by atoms with E-state index >= 15 is 0 Å². The molecule has 0 aliphatic carbocycles. The summed E-state index contributed by atoms with van der Waals surface area (Å²) in [5, 5.41) is 4.50. The molecule has 0 amide bonds. The van der Waals surface area contributed by atoms with Crippen LogP contribution in [0.15, 0.2) is 6.33 Å². The second kappa shape index (κ2) is 12.6. The van der Waals surface area contributed by atoms with Crippen molar-refractivity contribution in [3.8, 4) is 0 Å². The summed E-state index contributed by atoms with van der Waals surface area (Å²) in [6.07, 6.45) is 11.9. The monoisotopic (exact) mass is 371 g/mol. The van der Waals surface area contributed by atoms with Gasteiger partial charge in [-0.3, -0.25) is 4.68 Å². The van der Waals surface area contributed by atoms with Crippen LogP contribution in [-0.2, 0) is 19.8 Å². The SMILES string of the molecule is CO[Si](CCCCCCCCCCn1cnc(C(C)C)n1)(OC)OC. The molecule has 0 fully saturated rings. The zero-order chi connectivity index (χ0) is 18.5. The molecule has 25 heavy (non-hydrogen) atoms. The Morgan fingerprint density at radius 3 is 1.88 bits per heavy atom. The number of nitrogens with zero attached hydrogens (tertiary/aromatic N) is 3. The van der Waals surface area contributed by atoms with Crippen molar-refractivity contribution in [3.05, 3.63) is 12.2 Å². The first-order valence-electron chi connectivity index (χ1n) is 9.61. The second-order valence-electron chi connectivity index (χ2n) is 6.89. The average molecular weight is 372 g/mol. The number of rotatable bonds is 15. The molecule has 0 aliphatic rings. The number of hydrogen-bond acceptors (Lipinski definition) is 5. The van der Waals surface area contributed by atoms with Crippen LogP contribution in [0.5, 0.6) is 0 Å². The van der Waals surface area contributed by atoms with Crippen LogP contribution in [0, 0.1) is 0 Å². The van der Waals surface area contributed by atoms with Gasteiger partial charge in [-0.05, 0) is 12.8 Å². The van der Waals surface area contributed by atoms with Gasteiger partial charge in [0, 0.05) is 39.8 Å². The molecule has 0 aromatic carbocycles. The Hall–Kier alpha value is -0.763. The Balaban J connectivity index is 1.96. The Morgan fingerprint density at radius 1 is 0.880 bits per heavy atom. The van der Waals surface area contributed by atoms with Crippen molar-refractivity contribution in [2.45, 2.75) is 83.7 Å². The van der Waals surface area contributed by atoms with Gasteiger partial charge < -0.3 is 13.3 Å². The summed E-state index contributed by atoms with van der Waals surface area (Å²) in [4.78, 5) is 4.34. The molecule has 0 atom stereocenters. The van der Waals surface area contributed by atoms with Crippen molar-refractivity contribution in [2.24, 2.45) is 0 Å². The van der Waals surface area contributed by atoms with Gasteiger partial charge in [0.1, 0.15) is 6.33 Å².